The van der Waals surface area contributed by atoms with Gasteiger partial charge in [-0.3, -0.25) is 10.1 Å². The van der Waals surface area contributed by atoms with Crippen LogP contribution in [0.15, 0.2) is 24.3 Å². The molecule has 13 heavy (non-hydrogen) atoms. The molecule has 0 saturated heterocycles. The van der Waals surface area contributed by atoms with Crippen molar-refractivity contribution in [1.82, 2.24) is 0 Å². The van der Waals surface area contributed by atoms with Gasteiger partial charge < -0.3 is 10.0 Å². The van der Waals surface area contributed by atoms with E-state index in [2.05, 4.69) is 0 Å². The summed E-state index contributed by atoms with van der Waals surface area (Å²) in [6.45, 7) is -0.248. The Morgan fingerprint density at radius 2 is 1.85 bits per heavy atom. The van der Waals surface area contributed by atoms with Crippen LogP contribution in [-0.2, 0) is 6.54 Å². The van der Waals surface area contributed by atoms with E-state index in [1.807, 2.05) is 0 Å². The molecule has 0 aliphatic rings. The van der Waals surface area contributed by atoms with Crippen molar-refractivity contribution >= 4 is 12.6 Å². The second kappa shape index (κ2) is 4.02. The summed E-state index contributed by atoms with van der Waals surface area (Å²) in [5.41, 5.74) is 0.862. The molecule has 0 aromatic heterocycles. The van der Waals surface area contributed by atoms with Crippen molar-refractivity contribution in [1.29, 1.82) is 0 Å². The molecule has 0 heterocycles. The van der Waals surface area contributed by atoms with E-state index in [4.69, 9.17) is 10.0 Å². The van der Waals surface area contributed by atoms with E-state index in [1.54, 1.807) is 0 Å². The van der Waals surface area contributed by atoms with Crippen LogP contribution in [0.5, 0.6) is 0 Å². The van der Waals surface area contributed by atoms with E-state index in [0.29, 0.717) is 11.0 Å². The summed E-state index contributed by atoms with van der Waals surface area (Å²) in [7, 11) is -1.52. The lowest BCUT2D eigenvalue weighted by Gasteiger charge is -1.99. The van der Waals surface area contributed by atoms with Crippen molar-refractivity contribution in [3.05, 3.63) is 39.9 Å². The van der Waals surface area contributed by atoms with Crippen molar-refractivity contribution in [3.8, 4) is 0 Å². The van der Waals surface area contributed by atoms with Crippen LogP contribution >= 0.6 is 0 Å². The molecular formula is C7H8BNO4. The fourth-order valence-electron chi connectivity index (χ4n) is 0.944. The van der Waals surface area contributed by atoms with Crippen molar-refractivity contribution in [2.75, 3.05) is 0 Å². The molecule has 6 heteroatoms. The second-order valence-corrected chi connectivity index (χ2v) is 2.61. The third-order valence-corrected chi connectivity index (χ3v) is 1.59. The maximum Gasteiger partial charge on any atom is 0.488 e. The van der Waals surface area contributed by atoms with E-state index in [-0.39, 0.29) is 6.54 Å². The van der Waals surface area contributed by atoms with Gasteiger partial charge in [0.1, 0.15) is 0 Å². The fraction of sp³-hybridized carbons (Fsp3) is 0.143. The molecule has 2 N–H and O–H groups in total. The Bertz CT molecular complexity index is 298. The zero-order chi connectivity index (χ0) is 9.84. The number of hydrogen-bond donors (Lipinski definition) is 2. The molecule has 1 aromatic carbocycles. The van der Waals surface area contributed by atoms with Crippen LogP contribution in [0.4, 0.5) is 0 Å². The first kappa shape index (κ1) is 9.69. The minimum atomic E-state index is -1.52. The summed E-state index contributed by atoms with van der Waals surface area (Å²) in [6, 6.07) is 5.89. The minimum Gasteiger partial charge on any atom is -0.423 e. The van der Waals surface area contributed by atoms with Crippen LogP contribution in [-0.4, -0.2) is 22.1 Å². The molecule has 0 amide bonds. The molecule has 0 aliphatic heterocycles. The van der Waals surface area contributed by atoms with Crippen LogP contribution < -0.4 is 5.46 Å². The van der Waals surface area contributed by atoms with E-state index in [1.165, 1.54) is 24.3 Å². The molecule has 0 spiro atoms. The highest BCUT2D eigenvalue weighted by Gasteiger charge is 2.10. The van der Waals surface area contributed by atoms with Crippen molar-refractivity contribution in [2.45, 2.75) is 6.54 Å². The van der Waals surface area contributed by atoms with E-state index < -0.39 is 12.0 Å². The van der Waals surface area contributed by atoms with Gasteiger partial charge in [0, 0.05) is 10.5 Å². The van der Waals surface area contributed by atoms with Crippen LogP contribution in [0.2, 0.25) is 0 Å². The molecule has 0 fully saturated rings. The highest BCUT2D eigenvalue weighted by molar-refractivity contribution is 6.58. The van der Waals surface area contributed by atoms with Gasteiger partial charge in [0.15, 0.2) is 0 Å². The highest BCUT2D eigenvalue weighted by Crippen LogP contribution is 1.98. The Kier molecular flexibility index (Phi) is 3.00. The quantitative estimate of drug-likeness (QED) is 0.361. The second-order valence-electron chi connectivity index (χ2n) is 2.61. The van der Waals surface area contributed by atoms with Crippen LogP contribution in [0.1, 0.15) is 5.56 Å². The Morgan fingerprint density at radius 3 is 2.23 bits per heavy atom. The summed E-state index contributed by atoms with van der Waals surface area (Å²) in [5.74, 6) is 0. The third kappa shape index (κ3) is 2.85. The molecule has 5 nitrogen and oxygen atoms in total. The maximum atomic E-state index is 10.1. The summed E-state index contributed by atoms with van der Waals surface area (Å²) < 4.78 is 0. The third-order valence-electron chi connectivity index (χ3n) is 1.59. The number of nitro groups is 1. The summed E-state index contributed by atoms with van der Waals surface area (Å²) in [5, 5.41) is 27.5. The number of benzene rings is 1. The maximum absolute atomic E-state index is 10.1. The number of hydrogen-bond acceptors (Lipinski definition) is 4. The van der Waals surface area contributed by atoms with Gasteiger partial charge in [0.25, 0.3) is 0 Å². The first-order valence-corrected chi connectivity index (χ1v) is 3.66. The highest BCUT2D eigenvalue weighted by atomic mass is 16.6. The van der Waals surface area contributed by atoms with Gasteiger partial charge in [-0.05, 0) is 5.46 Å². The monoisotopic (exact) mass is 181 g/mol. The molecule has 0 aliphatic carbocycles. The summed E-state index contributed by atoms with van der Waals surface area (Å²) in [4.78, 5) is 9.65. The SMILES string of the molecule is O=[N+]([O-])Cc1ccc(B(O)O)cc1. The molecule has 1 rings (SSSR count). The first-order valence-electron chi connectivity index (χ1n) is 3.66. The van der Waals surface area contributed by atoms with Gasteiger partial charge in [-0.2, -0.15) is 0 Å². The average molecular weight is 181 g/mol. The zero-order valence-corrected chi connectivity index (χ0v) is 6.75. The van der Waals surface area contributed by atoms with Crippen LogP contribution in [0.3, 0.4) is 0 Å². The lowest BCUT2D eigenvalue weighted by Crippen LogP contribution is -2.29. The minimum absolute atomic E-state index is 0.248. The normalized spacial score (nSPS) is 9.69. The summed E-state index contributed by atoms with van der Waals surface area (Å²) in [6.07, 6.45) is 0. The Hall–Kier alpha value is -1.40. The topological polar surface area (TPSA) is 83.6 Å². The summed E-state index contributed by atoms with van der Waals surface area (Å²) >= 11 is 0. The van der Waals surface area contributed by atoms with Crippen molar-refractivity contribution in [2.24, 2.45) is 0 Å². The van der Waals surface area contributed by atoms with Crippen LogP contribution in [0.25, 0.3) is 0 Å². The molecule has 0 saturated carbocycles. The Labute approximate surface area is 74.9 Å². The predicted octanol–water partition coefficient (Wildman–Crippen LogP) is -0.857. The van der Waals surface area contributed by atoms with Gasteiger partial charge in [0.05, 0.1) is 0 Å². The number of nitrogens with zero attached hydrogens (tertiary/aromatic N) is 1. The Balaban J connectivity index is 2.75. The molecule has 68 valence electrons. The molecule has 0 atom stereocenters. The number of rotatable bonds is 3. The van der Waals surface area contributed by atoms with E-state index in [0.717, 1.165) is 0 Å². The molecule has 1 aromatic rings. The van der Waals surface area contributed by atoms with E-state index >= 15 is 0 Å². The van der Waals surface area contributed by atoms with Gasteiger partial charge in [-0.15, -0.1) is 0 Å². The largest absolute Gasteiger partial charge is 0.488 e. The van der Waals surface area contributed by atoms with Gasteiger partial charge >= 0.3 is 7.12 Å². The van der Waals surface area contributed by atoms with Gasteiger partial charge in [-0.25, -0.2) is 0 Å². The van der Waals surface area contributed by atoms with Gasteiger partial charge in [0.2, 0.25) is 6.54 Å². The zero-order valence-electron chi connectivity index (χ0n) is 6.75. The first-order chi connectivity index (χ1) is 6.09. The fourth-order valence-corrected chi connectivity index (χ4v) is 0.944. The molecule has 0 bridgehead atoms. The average Bonchev–Trinajstić information content (AvgIpc) is 2.04. The van der Waals surface area contributed by atoms with E-state index in [9.17, 15) is 10.1 Å². The standard InChI is InChI=1S/C7H8BNO4/c10-8(11)7-3-1-6(2-4-7)5-9(12)13/h1-4,10-11H,5H2. The lowest BCUT2D eigenvalue weighted by molar-refractivity contribution is -0.496. The Morgan fingerprint density at radius 1 is 1.31 bits per heavy atom. The molecular weight excluding hydrogens is 173 g/mol. The van der Waals surface area contributed by atoms with Crippen molar-refractivity contribution < 1.29 is 15.0 Å². The molecule has 0 radical (unpaired) electrons. The van der Waals surface area contributed by atoms with Crippen molar-refractivity contribution in [3.63, 3.8) is 0 Å². The van der Waals surface area contributed by atoms with Gasteiger partial charge in [-0.1, -0.05) is 24.3 Å². The van der Waals surface area contributed by atoms with Crippen LogP contribution in [0, 0.1) is 10.1 Å². The predicted molar refractivity (Wildman–Crippen MR) is 47.0 cm³/mol. The smallest absolute Gasteiger partial charge is 0.423 e. The lowest BCUT2D eigenvalue weighted by atomic mass is 9.80. The molecule has 0 unspecified atom stereocenters.